The summed E-state index contributed by atoms with van der Waals surface area (Å²) in [5.74, 6) is -0.984. The van der Waals surface area contributed by atoms with Crippen molar-refractivity contribution in [2.24, 2.45) is 0 Å². The topological polar surface area (TPSA) is 135 Å². The Morgan fingerprint density at radius 1 is 1.18 bits per heavy atom. The Morgan fingerprint density at radius 2 is 1.85 bits per heavy atom. The summed E-state index contributed by atoms with van der Waals surface area (Å²) in [5, 5.41) is 20.2. The predicted molar refractivity (Wildman–Crippen MR) is 127 cm³/mol. The van der Waals surface area contributed by atoms with Gasteiger partial charge < -0.3 is 15.7 Å². The van der Waals surface area contributed by atoms with Crippen LogP contribution in [-0.2, 0) is 11.3 Å². The maximum Gasteiger partial charge on any atom is 0.352 e. The first-order valence-corrected chi connectivity index (χ1v) is 11.8. The highest BCUT2D eigenvalue weighted by molar-refractivity contribution is 6.33. The Labute approximate surface area is 201 Å². The highest BCUT2D eigenvalue weighted by atomic mass is 35.5. The summed E-state index contributed by atoms with van der Waals surface area (Å²) >= 11 is 6.24. The molecule has 1 aliphatic carbocycles. The Kier molecular flexibility index (Phi) is 8.27. The number of rotatable bonds is 7. The number of halogens is 1. The zero-order valence-electron chi connectivity index (χ0n) is 19.3. The molecule has 1 aliphatic rings. The lowest BCUT2D eigenvalue weighted by atomic mass is 9.94. The lowest BCUT2D eigenvalue weighted by molar-refractivity contribution is -0.122. The molecule has 34 heavy (non-hydrogen) atoms. The number of carbonyl (C=O) groups is 2. The van der Waals surface area contributed by atoms with Crippen LogP contribution >= 0.6 is 11.6 Å². The SMILES string of the molecule is CC(C)NC(=O)Cn1c(=O)cnn(-c2ccc(Cl)c(C(=O)NCC3(O)CCCCCC3)c2)c1=O. The number of hydrogen-bond donors (Lipinski definition) is 3. The first kappa shape index (κ1) is 25.6. The van der Waals surface area contributed by atoms with E-state index in [2.05, 4.69) is 15.7 Å². The van der Waals surface area contributed by atoms with Crippen molar-refractivity contribution in [2.75, 3.05) is 6.54 Å². The van der Waals surface area contributed by atoms with E-state index in [4.69, 9.17) is 11.6 Å². The second kappa shape index (κ2) is 11.0. The summed E-state index contributed by atoms with van der Waals surface area (Å²) in [5.41, 5.74) is -2.21. The highest BCUT2D eigenvalue weighted by Crippen LogP contribution is 2.26. The molecule has 0 saturated heterocycles. The molecule has 0 unspecified atom stereocenters. The fourth-order valence-corrected chi connectivity index (χ4v) is 4.19. The molecular formula is C23H30ClN5O5. The molecule has 1 aromatic heterocycles. The van der Waals surface area contributed by atoms with Gasteiger partial charge in [0.05, 0.1) is 21.9 Å². The maximum absolute atomic E-state index is 12.9. The van der Waals surface area contributed by atoms with Crippen LogP contribution in [0.2, 0.25) is 5.02 Å². The van der Waals surface area contributed by atoms with Crippen LogP contribution in [0.25, 0.3) is 5.69 Å². The average Bonchev–Trinajstić information content (AvgIpc) is 3.00. The van der Waals surface area contributed by atoms with Crippen LogP contribution in [0.1, 0.15) is 62.7 Å². The standard InChI is InChI=1S/C23H30ClN5O5/c1-15(2)27-19(30)13-28-20(31)12-26-29(22(28)33)16-7-8-18(24)17(11-16)21(32)25-14-23(34)9-5-3-4-6-10-23/h7-8,11-12,15,34H,3-6,9-10,13-14H2,1-2H3,(H,25,32)(H,27,30). The fourth-order valence-electron chi connectivity index (χ4n) is 3.99. The molecule has 0 radical (unpaired) electrons. The van der Waals surface area contributed by atoms with Crippen LogP contribution in [-0.4, -0.2) is 49.5 Å². The van der Waals surface area contributed by atoms with Crippen LogP contribution < -0.4 is 21.9 Å². The lowest BCUT2D eigenvalue weighted by Gasteiger charge is -2.26. The Balaban J connectivity index is 1.85. The summed E-state index contributed by atoms with van der Waals surface area (Å²) in [4.78, 5) is 50.0. The van der Waals surface area contributed by atoms with Crippen molar-refractivity contribution in [3.05, 3.63) is 55.8 Å². The molecule has 1 aromatic carbocycles. The van der Waals surface area contributed by atoms with Gasteiger partial charge in [-0.3, -0.25) is 14.4 Å². The highest BCUT2D eigenvalue weighted by Gasteiger charge is 2.29. The van der Waals surface area contributed by atoms with Gasteiger partial charge in [-0.15, -0.1) is 0 Å². The van der Waals surface area contributed by atoms with Crippen molar-refractivity contribution in [2.45, 2.75) is 70.6 Å². The second-order valence-electron chi connectivity index (χ2n) is 8.97. The van der Waals surface area contributed by atoms with Crippen molar-refractivity contribution >= 4 is 23.4 Å². The van der Waals surface area contributed by atoms with Crippen LogP contribution in [0.5, 0.6) is 0 Å². The van der Waals surface area contributed by atoms with Gasteiger partial charge in [0.25, 0.3) is 11.5 Å². The van der Waals surface area contributed by atoms with Crippen molar-refractivity contribution in [1.82, 2.24) is 25.0 Å². The van der Waals surface area contributed by atoms with Gasteiger partial charge in [-0.2, -0.15) is 9.78 Å². The van der Waals surface area contributed by atoms with Crippen LogP contribution in [0.15, 0.2) is 34.0 Å². The third kappa shape index (κ3) is 6.32. The summed E-state index contributed by atoms with van der Waals surface area (Å²) < 4.78 is 1.69. The quantitative estimate of drug-likeness (QED) is 0.501. The number of amides is 2. The minimum absolute atomic E-state index is 0.0976. The van der Waals surface area contributed by atoms with E-state index in [1.807, 2.05) is 0 Å². The van der Waals surface area contributed by atoms with E-state index in [0.717, 1.165) is 41.1 Å². The molecule has 184 valence electrons. The van der Waals surface area contributed by atoms with E-state index in [0.29, 0.717) is 12.8 Å². The number of hydrogen-bond acceptors (Lipinski definition) is 6. The Hall–Kier alpha value is -2.98. The molecule has 3 N–H and O–H groups in total. The van der Waals surface area contributed by atoms with E-state index in [1.54, 1.807) is 13.8 Å². The molecule has 10 nitrogen and oxygen atoms in total. The summed E-state index contributed by atoms with van der Waals surface area (Å²) in [6.45, 7) is 3.17. The fraction of sp³-hybridized carbons (Fsp3) is 0.522. The molecule has 1 heterocycles. The van der Waals surface area contributed by atoms with Crippen molar-refractivity contribution < 1.29 is 14.7 Å². The number of aliphatic hydroxyl groups is 1. The average molecular weight is 492 g/mol. The smallest absolute Gasteiger partial charge is 0.352 e. The lowest BCUT2D eigenvalue weighted by Crippen LogP contribution is -2.45. The van der Waals surface area contributed by atoms with Gasteiger partial charge in [0.2, 0.25) is 5.91 Å². The van der Waals surface area contributed by atoms with Gasteiger partial charge in [0.15, 0.2) is 0 Å². The van der Waals surface area contributed by atoms with Crippen LogP contribution in [0.4, 0.5) is 0 Å². The molecule has 0 bridgehead atoms. The summed E-state index contributed by atoms with van der Waals surface area (Å²) in [6, 6.07) is 4.16. The number of nitrogens with one attached hydrogen (secondary N) is 2. The van der Waals surface area contributed by atoms with E-state index in [1.165, 1.54) is 18.2 Å². The monoisotopic (exact) mass is 491 g/mol. The second-order valence-corrected chi connectivity index (χ2v) is 9.38. The number of carbonyl (C=O) groups excluding carboxylic acids is 2. The van der Waals surface area contributed by atoms with E-state index in [9.17, 15) is 24.3 Å². The number of aromatic nitrogens is 3. The molecular weight excluding hydrogens is 462 g/mol. The van der Waals surface area contributed by atoms with Gasteiger partial charge in [-0.1, -0.05) is 37.3 Å². The van der Waals surface area contributed by atoms with Gasteiger partial charge in [-0.25, -0.2) is 9.36 Å². The molecule has 1 saturated carbocycles. The Morgan fingerprint density at radius 3 is 2.50 bits per heavy atom. The molecule has 0 aliphatic heterocycles. The zero-order chi connectivity index (χ0) is 24.9. The van der Waals surface area contributed by atoms with Crippen molar-refractivity contribution in [1.29, 1.82) is 0 Å². The Bertz CT molecular complexity index is 1170. The van der Waals surface area contributed by atoms with Gasteiger partial charge in [-0.05, 0) is 44.9 Å². The maximum atomic E-state index is 12.9. The molecule has 2 amide bonds. The first-order valence-electron chi connectivity index (χ1n) is 11.4. The van der Waals surface area contributed by atoms with Gasteiger partial charge in [0.1, 0.15) is 12.7 Å². The summed E-state index contributed by atoms with van der Waals surface area (Å²) in [6.07, 6.45) is 6.10. The molecule has 11 heteroatoms. The van der Waals surface area contributed by atoms with Crippen molar-refractivity contribution in [3.8, 4) is 5.69 Å². The molecule has 0 atom stereocenters. The molecule has 0 spiro atoms. The van der Waals surface area contributed by atoms with Gasteiger partial charge >= 0.3 is 5.69 Å². The number of benzene rings is 1. The largest absolute Gasteiger partial charge is 0.388 e. The minimum Gasteiger partial charge on any atom is -0.388 e. The normalized spacial score (nSPS) is 15.6. The van der Waals surface area contributed by atoms with E-state index >= 15 is 0 Å². The van der Waals surface area contributed by atoms with E-state index < -0.39 is 35.2 Å². The van der Waals surface area contributed by atoms with E-state index in [-0.39, 0.29) is 28.9 Å². The summed E-state index contributed by atoms with van der Waals surface area (Å²) in [7, 11) is 0. The molecule has 3 rings (SSSR count). The zero-order valence-corrected chi connectivity index (χ0v) is 20.1. The molecule has 1 fully saturated rings. The van der Waals surface area contributed by atoms with Crippen LogP contribution in [0.3, 0.4) is 0 Å². The van der Waals surface area contributed by atoms with Gasteiger partial charge in [0, 0.05) is 12.6 Å². The van der Waals surface area contributed by atoms with Crippen molar-refractivity contribution in [3.63, 3.8) is 0 Å². The number of nitrogens with zero attached hydrogens (tertiary/aromatic N) is 3. The third-order valence-electron chi connectivity index (χ3n) is 5.76. The third-order valence-corrected chi connectivity index (χ3v) is 6.09. The van der Waals surface area contributed by atoms with Crippen LogP contribution in [0, 0.1) is 0 Å². The minimum atomic E-state index is -0.958. The first-order chi connectivity index (χ1) is 16.1. The molecule has 2 aromatic rings. The predicted octanol–water partition coefficient (Wildman–Crippen LogP) is 1.39.